The van der Waals surface area contributed by atoms with Crippen LogP contribution in [0.25, 0.3) is 0 Å². The number of benzene rings is 1. The number of piperazine rings is 1. The molecule has 2 fully saturated rings. The van der Waals surface area contributed by atoms with Crippen molar-refractivity contribution >= 4 is 15.9 Å². The summed E-state index contributed by atoms with van der Waals surface area (Å²) in [6, 6.07) is 4.70. The van der Waals surface area contributed by atoms with Crippen molar-refractivity contribution in [1.82, 2.24) is 19.0 Å². The Kier molecular flexibility index (Phi) is 5.46. The van der Waals surface area contributed by atoms with Gasteiger partial charge in [-0.3, -0.25) is 9.48 Å². The topological polar surface area (TPSA) is 94.0 Å². The first-order valence-electron chi connectivity index (χ1n) is 9.84. The highest BCUT2D eigenvalue weighted by atomic mass is 32.2. The van der Waals surface area contributed by atoms with Gasteiger partial charge in [0.2, 0.25) is 15.9 Å². The predicted octanol–water partition coefficient (Wildman–Crippen LogP) is 1.07. The number of carbonyl (C=O) groups excluding carboxylic acids is 1. The molecule has 1 aliphatic carbocycles. The van der Waals surface area contributed by atoms with Gasteiger partial charge < -0.3 is 14.4 Å². The van der Waals surface area contributed by atoms with Crippen LogP contribution in [0.4, 0.5) is 0 Å². The summed E-state index contributed by atoms with van der Waals surface area (Å²) in [5.41, 5.74) is 1.09. The molecular weight excluding hydrogens is 408 g/mol. The zero-order chi connectivity index (χ0) is 21.5. The molecule has 0 N–H and O–H groups in total. The van der Waals surface area contributed by atoms with Gasteiger partial charge in [0, 0.05) is 51.4 Å². The number of ether oxygens (including phenoxy) is 2. The normalized spacial score (nSPS) is 22.0. The van der Waals surface area contributed by atoms with E-state index in [4.69, 9.17) is 9.47 Å². The Morgan fingerprint density at radius 2 is 1.87 bits per heavy atom. The number of methoxy groups -OCH3 is 2. The first kappa shape index (κ1) is 20.7. The van der Waals surface area contributed by atoms with Crippen molar-refractivity contribution in [3.63, 3.8) is 0 Å². The molecular formula is C20H26N4O5S. The number of hydrogen-bond acceptors (Lipinski definition) is 6. The van der Waals surface area contributed by atoms with Crippen LogP contribution in [-0.2, 0) is 21.9 Å². The standard InChI is InChI=1S/C20H26N4O5S/c1-22-13-14(12-21-22)16-11-17(16)20(25)23-6-8-24(9-7-23)30(26,27)19-10-15(28-2)4-5-18(19)29-3/h4-5,10,12-13,16-17H,6-9,11H2,1-3H3. The maximum absolute atomic E-state index is 13.2. The minimum atomic E-state index is -3.76. The molecule has 1 amide bonds. The van der Waals surface area contributed by atoms with Gasteiger partial charge in [-0.15, -0.1) is 0 Å². The van der Waals surface area contributed by atoms with Gasteiger partial charge in [0.25, 0.3) is 0 Å². The molecule has 1 aromatic carbocycles. The van der Waals surface area contributed by atoms with Crippen LogP contribution in [-0.4, -0.2) is 73.7 Å². The smallest absolute Gasteiger partial charge is 0.247 e. The van der Waals surface area contributed by atoms with E-state index in [9.17, 15) is 13.2 Å². The third-order valence-corrected chi connectivity index (χ3v) is 7.72. The van der Waals surface area contributed by atoms with Gasteiger partial charge >= 0.3 is 0 Å². The minimum absolute atomic E-state index is 0.0316. The van der Waals surface area contributed by atoms with E-state index >= 15 is 0 Å². The van der Waals surface area contributed by atoms with Crippen molar-refractivity contribution in [3.05, 3.63) is 36.2 Å². The second-order valence-corrected chi connectivity index (χ2v) is 9.55. The van der Waals surface area contributed by atoms with Crippen molar-refractivity contribution in [2.24, 2.45) is 13.0 Å². The molecule has 4 rings (SSSR count). The molecule has 2 heterocycles. The molecule has 30 heavy (non-hydrogen) atoms. The summed E-state index contributed by atoms with van der Waals surface area (Å²) in [5.74, 6) is 0.995. The number of amides is 1. The van der Waals surface area contributed by atoms with Crippen LogP contribution in [0, 0.1) is 5.92 Å². The monoisotopic (exact) mass is 434 g/mol. The minimum Gasteiger partial charge on any atom is -0.497 e. The Labute approximate surface area is 176 Å². The van der Waals surface area contributed by atoms with Crippen molar-refractivity contribution in [2.45, 2.75) is 17.2 Å². The summed E-state index contributed by atoms with van der Waals surface area (Å²) in [5, 5.41) is 4.18. The summed E-state index contributed by atoms with van der Waals surface area (Å²) >= 11 is 0. The predicted molar refractivity (Wildman–Crippen MR) is 109 cm³/mol. The van der Waals surface area contributed by atoms with E-state index in [2.05, 4.69) is 5.10 Å². The van der Waals surface area contributed by atoms with E-state index < -0.39 is 10.0 Å². The maximum Gasteiger partial charge on any atom is 0.247 e. The molecule has 0 spiro atoms. The zero-order valence-electron chi connectivity index (χ0n) is 17.3. The molecule has 9 nitrogen and oxygen atoms in total. The van der Waals surface area contributed by atoms with Gasteiger partial charge in [-0.05, 0) is 30.0 Å². The average Bonchev–Trinajstić information content (AvgIpc) is 3.45. The largest absolute Gasteiger partial charge is 0.497 e. The van der Waals surface area contributed by atoms with Crippen LogP contribution < -0.4 is 9.47 Å². The fraction of sp³-hybridized carbons (Fsp3) is 0.500. The SMILES string of the molecule is COc1ccc(OC)c(S(=O)(=O)N2CCN(C(=O)C3CC3c3cnn(C)c3)CC2)c1. The van der Waals surface area contributed by atoms with Gasteiger partial charge in [0.1, 0.15) is 16.4 Å². The first-order chi connectivity index (χ1) is 14.3. The first-order valence-corrected chi connectivity index (χ1v) is 11.3. The molecule has 0 bridgehead atoms. The summed E-state index contributed by atoms with van der Waals surface area (Å²) in [6.45, 7) is 1.25. The molecule has 1 saturated heterocycles. The number of hydrogen-bond donors (Lipinski definition) is 0. The molecule has 2 aromatic rings. The number of aryl methyl sites for hydroxylation is 1. The zero-order valence-corrected chi connectivity index (χ0v) is 18.1. The van der Waals surface area contributed by atoms with E-state index in [-0.39, 0.29) is 41.5 Å². The molecule has 162 valence electrons. The highest BCUT2D eigenvalue weighted by Crippen LogP contribution is 2.48. The van der Waals surface area contributed by atoms with Gasteiger partial charge in [0.15, 0.2) is 0 Å². The van der Waals surface area contributed by atoms with Crippen molar-refractivity contribution < 1.29 is 22.7 Å². The fourth-order valence-electron chi connectivity index (χ4n) is 3.98. The Morgan fingerprint density at radius 1 is 1.13 bits per heavy atom. The van der Waals surface area contributed by atoms with E-state index in [1.54, 1.807) is 21.7 Å². The van der Waals surface area contributed by atoms with Crippen molar-refractivity contribution in [1.29, 1.82) is 0 Å². The number of nitrogens with zero attached hydrogens (tertiary/aromatic N) is 4. The van der Waals surface area contributed by atoms with E-state index in [1.807, 2.05) is 19.4 Å². The summed E-state index contributed by atoms with van der Waals surface area (Å²) < 4.78 is 39.9. The van der Waals surface area contributed by atoms with Crippen LogP contribution in [0.2, 0.25) is 0 Å². The molecule has 2 unspecified atom stereocenters. The lowest BCUT2D eigenvalue weighted by molar-refractivity contribution is -0.133. The Balaban J connectivity index is 1.41. The Morgan fingerprint density at radius 3 is 2.47 bits per heavy atom. The van der Waals surface area contributed by atoms with Crippen LogP contribution in [0.15, 0.2) is 35.5 Å². The number of aromatic nitrogens is 2. The summed E-state index contributed by atoms with van der Waals surface area (Å²) in [4.78, 5) is 14.7. The van der Waals surface area contributed by atoms with Gasteiger partial charge in [-0.2, -0.15) is 9.40 Å². The molecule has 0 radical (unpaired) electrons. The van der Waals surface area contributed by atoms with Crippen molar-refractivity contribution in [2.75, 3.05) is 40.4 Å². The molecule has 1 aromatic heterocycles. The van der Waals surface area contributed by atoms with Gasteiger partial charge in [0.05, 0.1) is 20.4 Å². The second kappa shape index (κ2) is 7.92. The lowest BCUT2D eigenvalue weighted by Crippen LogP contribution is -2.51. The summed E-state index contributed by atoms with van der Waals surface area (Å²) in [7, 11) is 1.02. The molecule has 10 heteroatoms. The molecule has 1 aliphatic heterocycles. The van der Waals surface area contributed by atoms with Crippen LogP contribution in [0.5, 0.6) is 11.5 Å². The second-order valence-electron chi connectivity index (χ2n) is 7.64. The molecule has 2 atom stereocenters. The highest BCUT2D eigenvalue weighted by Gasteiger charge is 2.47. The number of rotatable bonds is 6. The number of carbonyl (C=O) groups is 1. The van der Waals surface area contributed by atoms with Gasteiger partial charge in [-0.25, -0.2) is 8.42 Å². The number of sulfonamides is 1. The van der Waals surface area contributed by atoms with Crippen LogP contribution in [0.1, 0.15) is 17.9 Å². The summed E-state index contributed by atoms with van der Waals surface area (Å²) in [6.07, 6.45) is 4.58. The molecule has 1 saturated carbocycles. The third kappa shape index (κ3) is 3.77. The lowest BCUT2D eigenvalue weighted by atomic mass is 10.2. The lowest BCUT2D eigenvalue weighted by Gasteiger charge is -2.34. The Bertz CT molecular complexity index is 1040. The quantitative estimate of drug-likeness (QED) is 0.675. The Hall–Kier alpha value is -2.59. The van der Waals surface area contributed by atoms with Crippen molar-refractivity contribution in [3.8, 4) is 11.5 Å². The average molecular weight is 435 g/mol. The van der Waals surface area contributed by atoms with E-state index in [0.717, 1.165) is 12.0 Å². The highest BCUT2D eigenvalue weighted by molar-refractivity contribution is 7.89. The molecule has 2 aliphatic rings. The van der Waals surface area contributed by atoms with Crippen LogP contribution in [0.3, 0.4) is 0 Å². The fourth-order valence-corrected chi connectivity index (χ4v) is 5.57. The maximum atomic E-state index is 13.2. The van der Waals surface area contributed by atoms with E-state index in [1.165, 1.54) is 24.6 Å². The third-order valence-electron chi connectivity index (χ3n) is 5.80. The van der Waals surface area contributed by atoms with Crippen LogP contribution >= 0.6 is 0 Å². The van der Waals surface area contributed by atoms with Gasteiger partial charge in [-0.1, -0.05) is 0 Å². The van der Waals surface area contributed by atoms with E-state index in [0.29, 0.717) is 18.8 Å².